The first-order chi connectivity index (χ1) is 69.5. The third kappa shape index (κ3) is 15.4. The van der Waals surface area contributed by atoms with Crippen LogP contribution in [-0.2, 0) is 0 Å². The molecule has 0 radical (unpaired) electrons. The molecule has 0 atom stereocenters. The van der Waals surface area contributed by atoms with Crippen LogP contribution in [0, 0.1) is 0 Å². The largest absolute Gasteiger partial charge is 0.311 e. The van der Waals surface area contributed by atoms with Gasteiger partial charge in [-0.3, -0.25) is 0 Å². The van der Waals surface area contributed by atoms with E-state index in [0.29, 0.717) is 0 Å². The smallest absolute Gasteiger partial charge is 0.0541 e. The number of aromatic nitrogens is 2. The van der Waals surface area contributed by atoms with E-state index in [4.69, 9.17) is 0 Å². The molecule has 0 saturated heterocycles. The lowest BCUT2D eigenvalue weighted by Crippen LogP contribution is -2.09. The molecule has 26 rings (SSSR count). The Balaban J connectivity index is 0.000000148. The van der Waals surface area contributed by atoms with Crippen LogP contribution >= 0.6 is 0 Å². The Morgan fingerprint density at radius 1 is 0.114 bits per heavy atom. The van der Waals surface area contributed by atoms with Crippen LogP contribution in [0.3, 0.4) is 0 Å². The molecule has 0 spiro atoms. The summed E-state index contributed by atoms with van der Waals surface area (Å²) in [5.74, 6) is 0. The Labute approximate surface area is 814 Å². The molecule has 0 N–H and O–H groups in total. The molecule has 0 fully saturated rings. The van der Waals surface area contributed by atoms with Crippen LogP contribution < -0.4 is 9.80 Å². The summed E-state index contributed by atoms with van der Waals surface area (Å²) in [5, 5.41) is 15.0. The van der Waals surface area contributed by atoms with Gasteiger partial charge in [0.15, 0.2) is 0 Å². The third-order valence-electron chi connectivity index (χ3n) is 28.0. The van der Waals surface area contributed by atoms with Crippen LogP contribution in [0.4, 0.5) is 34.1 Å². The van der Waals surface area contributed by atoms with Gasteiger partial charge in [-0.15, -0.1) is 0 Å². The Morgan fingerprint density at radius 2 is 0.307 bits per heavy atom. The van der Waals surface area contributed by atoms with Gasteiger partial charge in [-0.1, -0.05) is 419 Å². The van der Waals surface area contributed by atoms with Gasteiger partial charge < -0.3 is 18.9 Å². The topological polar surface area (TPSA) is 16.3 Å². The first-order valence-electron chi connectivity index (χ1n) is 48.2. The molecule has 0 amide bonds. The van der Waals surface area contributed by atoms with E-state index in [2.05, 4.69) is 577 Å². The third-order valence-corrected chi connectivity index (χ3v) is 28.0. The fourth-order valence-electron chi connectivity index (χ4n) is 21.5. The highest BCUT2D eigenvalue weighted by molar-refractivity contribution is 6.23. The van der Waals surface area contributed by atoms with Gasteiger partial charge in [0.2, 0.25) is 0 Å². The summed E-state index contributed by atoms with van der Waals surface area (Å²) in [7, 11) is 0. The number of hydrogen-bond acceptors (Lipinski definition) is 2. The molecular weight excluding hydrogens is 1690 g/mol. The average molecular weight is 1780 g/mol. The summed E-state index contributed by atoms with van der Waals surface area (Å²) < 4.78 is 4.74. The zero-order valence-electron chi connectivity index (χ0n) is 76.9. The van der Waals surface area contributed by atoms with Crippen LogP contribution in [-0.4, -0.2) is 9.13 Å². The van der Waals surface area contributed by atoms with Crippen LogP contribution in [0.1, 0.15) is 0 Å². The predicted molar refractivity (Wildman–Crippen MR) is 595 cm³/mol. The zero-order valence-corrected chi connectivity index (χ0v) is 76.9. The number of rotatable bonds is 18. The number of hydrogen-bond donors (Lipinski definition) is 0. The molecule has 0 unspecified atom stereocenters. The van der Waals surface area contributed by atoms with Crippen molar-refractivity contribution in [3.63, 3.8) is 0 Å². The first kappa shape index (κ1) is 83.4. The second-order valence-corrected chi connectivity index (χ2v) is 36.1. The number of fused-ring (bicyclic) bond motifs is 10. The lowest BCUT2D eigenvalue weighted by Gasteiger charge is -2.26. The molecule has 656 valence electrons. The molecule has 0 aliphatic heterocycles. The van der Waals surface area contributed by atoms with Gasteiger partial charge in [0.05, 0.1) is 22.1 Å². The summed E-state index contributed by atoms with van der Waals surface area (Å²) in [6.45, 7) is 0. The van der Waals surface area contributed by atoms with Crippen molar-refractivity contribution in [1.29, 1.82) is 0 Å². The van der Waals surface area contributed by atoms with Gasteiger partial charge in [0.1, 0.15) is 0 Å². The van der Waals surface area contributed by atoms with E-state index < -0.39 is 0 Å². The highest BCUT2D eigenvalue weighted by Crippen LogP contribution is 2.50. The molecule has 0 aliphatic carbocycles. The minimum Gasteiger partial charge on any atom is -0.311 e. The minimum absolute atomic E-state index is 1.08. The van der Waals surface area contributed by atoms with E-state index in [-0.39, 0.29) is 0 Å². The van der Waals surface area contributed by atoms with Gasteiger partial charge in [0.25, 0.3) is 0 Å². The van der Waals surface area contributed by atoms with E-state index in [0.717, 1.165) is 45.5 Å². The van der Waals surface area contributed by atoms with E-state index >= 15 is 0 Å². The first-order valence-corrected chi connectivity index (χ1v) is 48.2. The van der Waals surface area contributed by atoms with Crippen LogP contribution in [0.25, 0.3) is 209 Å². The summed E-state index contributed by atoms with van der Waals surface area (Å²) >= 11 is 0. The second-order valence-electron chi connectivity index (χ2n) is 36.1. The van der Waals surface area contributed by atoms with Crippen molar-refractivity contribution in [1.82, 2.24) is 9.13 Å². The van der Waals surface area contributed by atoms with Gasteiger partial charge in [-0.25, -0.2) is 0 Å². The fourth-order valence-corrected chi connectivity index (χ4v) is 21.5. The summed E-state index contributed by atoms with van der Waals surface area (Å²) in [5.41, 5.74) is 37.8. The van der Waals surface area contributed by atoms with Crippen molar-refractivity contribution < 1.29 is 0 Å². The summed E-state index contributed by atoms with van der Waals surface area (Å²) in [6, 6.07) is 203. The molecule has 0 saturated carbocycles. The Morgan fingerprint density at radius 3 is 0.614 bits per heavy atom. The standard InChI is InChI=1S/2C68H46N2/c1-4-17-47(18-5-1)52-21-16-22-53(45-52)48-31-38-56(39-32-48)69(57-40-33-49(34-41-57)54-37-44-66-64(46-54)59-25-14-15-30-65(59)70(66)55-23-8-3-9-24-55)58-42-35-51(36-43-58)68-62-28-12-10-26-60(62)67(50-19-6-2-7-20-50)61-27-11-13-29-63(61)68;1-4-18-48(19-5-1)57-24-10-11-25-58(57)49-34-41-55(42-35-49)69(54-39-32-47(33-40-54)52-38-45-66-64(46-52)59-26-16-17-31-65(59)70(66)53-22-8-3-9-23-53)56-43-36-51(37-44-56)68-62-29-14-12-27-60(62)67(50-20-6-2-7-21-50)61-28-13-15-30-63(61)68/h2*1-46H. The molecular formula is C136H92N4. The molecule has 2 aromatic heterocycles. The van der Waals surface area contributed by atoms with Crippen LogP contribution in [0.5, 0.6) is 0 Å². The molecule has 4 nitrogen and oxygen atoms in total. The maximum absolute atomic E-state index is 2.38. The van der Waals surface area contributed by atoms with Gasteiger partial charge in [-0.05, 0) is 294 Å². The maximum atomic E-state index is 2.38. The lowest BCUT2D eigenvalue weighted by molar-refractivity contribution is 1.18. The number of nitrogens with zero attached hydrogens (tertiary/aromatic N) is 4. The number of para-hydroxylation sites is 4. The normalized spacial score (nSPS) is 11.4. The Hall–Kier alpha value is -18.5. The highest BCUT2D eigenvalue weighted by atomic mass is 15.1. The SMILES string of the molecule is c1ccc(-c2cccc(-c3ccc(N(c4ccc(-c5ccc6c(c5)c5ccccc5n6-c5ccccc5)cc4)c4ccc(-c5c6ccccc6c(-c6ccccc6)c6ccccc56)cc4)cc3)c2)cc1.c1ccc(-c2ccccc2-c2ccc(N(c3ccc(-c4ccc5c(c4)c4ccccc4n5-c4ccccc4)cc3)c3ccc(-c4c5ccccc5c(-c5ccccc5)c5ccccc45)cc3)cc2)cc1. The lowest BCUT2D eigenvalue weighted by atomic mass is 9.86. The van der Waals surface area contributed by atoms with Crippen LogP contribution in [0.2, 0.25) is 0 Å². The Kier molecular flexibility index (Phi) is 21.7. The highest BCUT2D eigenvalue weighted by Gasteiger charge is 2.25. The van der Waals surface area contributed by atoms with Gasteiger partial charge in [0, 0.05) is 67.0 Å². The van der Waals surface area contributed by atoms with Gasteiger partial charge >= 0.3 is 0 Å². The summed E-state index contributed by atoms with van der Waals surface area (Å²) in [4.78, 5) is 4.76. The molecule has 24 aromatic carbocycles. The summed E-state index contributed by atoms with van der Waals surface area (Å²) in [6.07, 6.45) is 0. The quantitative estimate of drug-likeness (QED) is 0.0796. The second kappa shape index (κ2) is 36.4. The number of anilines is 6. The molecule has 0 aliphatic rings. The van der Waals surface area contributed by atoms with Crippen molar-refractivity contribution in [3.8, 4) is 123 Å². The zero-order chi connectivity index (χ0) is 92.8. The number of benzene rings is 24. The monoisotopic (exact) mass is 1780 g/mol. The van der Waals surface area contributed by atoms with E-state index in [1.54, 1.807) is 0 Å². The van der Waals surface area contributed by atoms with E-state index in [9.17, 15) is 0 Å². The predicted octanol–water partition coefficient (Wildman–Crippen LogP) is 37.8. The van der Waals surface area contributed by atoms with Crippen molar-refractivity contribution in [2.24, 2.45) is 0 Å². The van der Waals surface area contributed by atoms with Crippen molar-refractivity contribution >= 4 is 121 Å². The van der Waals surface area contributed by atoms with Crippen molar-refractivity contribution in [2.45, 2.75) is 0 Å². The maximum Gasteiger partial charge on any atom is 0.0541 e. The molecule has 0 bridgehead atoms. The fraction of sp³-hybridized carbons (Fsp3) is 0. The van der Waals surface area contributed by atoms with Gasteiger partial charge in [-0.2, -0.15) is 0 Å². The molecule has 140 heavy (non-hydrogen) atoms. The molecule has 26 aromatic rings. The minimum atomic E-state index is 1.08. The van der Waals surface area contributed by atoms with E-state index in [1.807, 2.05) is 0 Å². The van der Waals surface area contributed by atoms with Crippen molar-refractivity contribution in [3.05, 3.63) is 558 Å². The van der Waals surface area contributed by atoms with Crippen molar-refractivity contribution in [2.75, 3.05) is 9.80 Å². The molecule has 4 heteroatoms. The average Bonchev–Trinajstić information content (AvgIpc) is 1.47. The van der Waals surface area contributed by atoms with Crippen LogP contribution in [0.15, 0.2) is 558 Å². The molecule has 2 heterocycles. The Bertz CT molecular complexity index is 8960. The van der Waals surface area contributed by atoms with E-state index in [1.165, 1.54) is 198 Å².